The van der Waals surface area contributed by atoms with Gasteiger partial charge < -0.3 is 14.8 Å². The average Bonchev–Trinajstić information content (AvgIpc) is 2.37. The SMILES string of the molecule is CCOC(=O)CCCNc1ncccc1OCC. The molecule has 1 N–H and O–H groups in total. The summed E-state index contributed by atoms with van der Waals surface area (Å²) in [5.41, 5.74) is 0. The maximum absolute atomic E-state index is 11.1. The molecule has 0 unspecified atom stereocenters. The van der Waals surface area contributed by atoms with Gasteiger partial charge in [0.25, 0.3) is 0 Å². The zero-order valence-electron chi connectivity index (χ0n) is 10.9. The van der Waals surface area contributed by atoms with E-state index in [0.717, 1.165) is 5.75 Å². The van der Waals surface area contributed by atoms with Gasteiger partial charge in [0.05, 0.1) is 13.2 Å². The second-order valence-corrected chi connectivity index (χ2v) is 3.62. The number of anilines is 1. The van der Waals surface area contributed by atoms with E-state index in [4.69, 9.17) is 9.47 Å². The zero-order valence-corrected chi connectivity index (χ0v) is 10.9. The van der Waals surface area contributed by atoms with Crippen LogP contribution in [0.4, 0.5) is 5.82 Å². The molecule has 1 heterocycles. The van der Waals surface area contributed by atoms with Crippen molar-refractivity contribution in [3.05, 3.63) is 18.3 Å². The number of aromatic nitrogens is 1. The van der Waals surface area contributed by atoms with Crippen LogP contribution >= 0.6 is 0 Å². The fourth-order valence-corrected chi connectivity index (χ4v) is 1.47. The molecule has 0 aliphatic carbocycles. The van der Waals surface area contributed by atoms with Crippen LogP contribution in [-0.4, -0.2) is 30.7 Å². The molecule has 1 aromatic rings. The van der Waals surface area contributed by atoms with Crippen molar-refractivity contribution >= 4 is 11.8 Å². The number of rotatable bonds is 8. The Morgan fingerprint density at radius 1 is 1.39 bits per heavy atom. The summed E-state index contributed by atoms with van der Waals surface area (Å²) in [6.07, 6.45) is 2.83. The van der Waals surface area contributed by atoms with Gasteiger partial charge in [0.15, 0.2) is 11.6 Å². The van der Waals surface area contributed by atoms with Crippen molar-refractivity contribution in [3.63, 3.8) is 0 Å². The van der Waals surface area contributed by atoms with E-state index < -0.39 is 0 Å². The molecule has 1 aromatic heterocycles. The third-order valence-electron chi connectivity index (χ3n) is 2.23. The first-order valence-corrected chi connectivity index (χ1v) is 6.25. The Balaban J connectivity index is 2.32. The van der Waals surface area contributed by atoms with E-state index in [-0.39, 0.29) is 5.97 Å². The van der Waals surface area contributed by atoms with Crippen LogP contribution in [0.1, 0.15) is 26.7 Å². The van der Waals surface area contributed by atoms with Gasteiger partial charge in [-0.05, 0) is 32.4 Å². The van der Waals surface area contributed by atoms with Crippen LogP contribution in [0.3, 0.4) is 0 Å². The number of carbonyl (C=O) groups is 1. The van der Waals surface area contributed by atoms with Crippen molar-refractivity contribution in [1.82, 2.24) is 4.98 Å². The predicted octanol–water partition coefficient (Wildman–Crippen LogP) is 2.24. The van der Waals surface area contributed by atoms with Gasteiger partial charge in [-0.2, -0.15) is 0 Å². The van der Waals surface area contributed by atoms with E-state index >= 15 is 0 Å². The summed E-state index contributed by atoms with van der Waals surface area (Å²) in [5, 5.41) is 3.15. The van der Waals surface area contributed by atoms with E-state index in [1.807, 2.05) is 19.1 Å². The Kier molecular flexibility index (Phi) is 6.61. The lowest BCUT2D eigenvalue weighted by Gasteiger charge is -2.10. The van der Waals surface area contributed by atoms with Crippen molar-refractivity contribution in [2.24, 2.45) is 0 Å². The number of hydrogen-bond donors (Lipinski definition) is 1. The van der Waals surface area contributed by atoms with Crippen LogP contribution in [0, 0.1) is 0 Å². The number of hydrogen-bond acceptors (Lipinski definition) is 5. The monoisotopic (exact) mass is 252 g/mol. The fourth-order valence-electron chi connectivity index (χ4n) is 1.47. The molecule has 0 fully saturated rings. The smallest absolute Gasteiger partial charge is 0.305 e. The Morgan fingerprint density at radius 3 is 2.94 bits per heavy atom. The Bertz CT molecular complexity index is 369. The van der Waals surface area contributed by atoms with Gasteiger partial charge in [-0.1, -0.05) is 0 Å². The molecule has 0 radical (unpaired) electrons. The fraction of sp³-hybridized carbons (Fsp3) is 0.538. The molecule has 1 rings (SSSR count). The van der Waals surface area contributed by atoms with Crippen molar-refractivity contribution in [2.75, 3.05) is 25.1 Å². The maximum Gasteiger partial charge on any atom is 0.305 e. The molecule has 5 heteroatoms. The Labute approximate surface area is 108 Å². The number of pyridine rings is 1. The van der Waals surface area contributed by atoms with Gasteiger partial charge >= 0.3 is 5.97 Å². The van der Waals surface area contributed by atoms with Gasteiger partial charge in [-0.15, -0.1) is 0 Å². The van der Waals surface area contributed by atoms with E-state index in [1.54, 1.807) is 13.1 Å². The van der Waals surface area contributed by atoms with Gasteiger partial charge in [-0.3, -0.25) is 4.79 Å². The van der Waals surface area contributed by atoms with Crippen molar-refractivity contribution in [2.45, 2.75) is 26.7 Å². The number of carbonyl (C=O) groups excluding carboxylic acids is 1. The van der Waals surface area contributed by atoms with Gasteiger partial charge in [0.2, 0.25) is 0 Å². The summed E-state index contributed by atoms with van der Waals surface area (Å²) in [5.74, 6) is 1.28. The lowest BCUT2D eigenvalue weighted by Crippen LogP contribution is -2.09. The first kappa shape index (κ1) is 14.3. The van der Waals surface area contributed by atoms with Crippen LogP contribution in [0.15, 0.2) is 18.3 Å². The maximum atomic E-state index is 11.1. The summed E-state index contributed by atoms with van der Waals surface area (Å²) in [6.45, 7) is 5.43. The quantitative estimate of drug-likeness (QED) is 0.568. The number of esters is 1. The molecule has 18 heavy (non-hydrogen) atoms. The predicted molar refractivity (Wildman–Crippen MR) is 69.8 cm³/mol. The van der Waals surface area contributed by atoms with Crippen LogP contribution in [0.25, 0.3) is 0 Å². The highest BCUT2D eigenvalue weighted by Crippen LogP contribution is 2.20. The third-order valence-corrected chi connectivity index (χ3v) is 2.23. The lowest BCUT2D eigenvalue weighted by molar-refractivity contribution is -0.143. The lowest BCUT2D eigenvalue weighted by atomic mass is 10.3. The van der Waals surface area contributed by atoms with E-state index in [1.165, 1.54) is 0 Å². The molecular weight excluding hydrogens is 232 g/mol. The summed E-state index contributed by atoms with van der Waals surface area (Å²) in [6, 6.07) is 3.69. The number of nitrogens with zero attached hydrogens (tertiary/aromatic N) is 1. The number of nitrogens with one attached hydrogen (secondary N) is 1. The first-order chi connectivity index (χ1) is 8.77. The van der Waals surface area contributed by atoms with Crippen molar-refractivity contribution in [1.29, 1.82) is 0 Å². The summed E-state index contributed by atoms with van der Waals surface area (Å²) in [7, 11) is 0. The minimum Gasteiger partial charge on any atom is -0.490 e. The number of ether oxygens (including phenoxy) is 2. The van der Waals surface area contributed by atoms with Gasteiger partial charge in [0, 0.05) is 19.2 Å². The summed E-state index contributed by atoms with van der Waals surface area (Å²) < 4.78 is 10.3. The molecule has 0 aliphatic rings. The molecule has 0 saturated heterocycles. The molecule has 0 spiro atoms. The summed E-state index contributed by atoms with van der Waals surface area (Å²) in [4.78, 5) is 15.3. The molecule has 0 aromatic carbocycles. The van der Waals surface area contributed by atoms with Crippen LogP contribution < -0.4 is 10.1 Å². The van der Waals surface area contributed by atoms with Crippen LogP contribution in [0.2, 0.25) is 0 Å². The molecule has 100 valence electrons. The molecule has 0 saturated carbocycles. The molecule has 0 atom stereocenters. The Hall–Kier alpha value is -1.78. The minimum absolute atomic E-state index is 0.162. The second kappa shape index (κ2) is 8.33. The van der Waals surface area contributed by atoms with Crippen LogP contribution in [0.5, 0.6) is 5.75 Å². The first-order valence-electron chi connectivity index (χ1n) is 6.25. The highest BCUT2D eigenvalue weighted by molar-refractivity contribution is 5.69. The van der Waals surface area contributed by atoms with Gasteiger partial charge in [-0.25, -0.2) is 4.98 Å². The van der Waals surface area contributed by atoms with E-state index in [0.29, 0.717) is 38.4 Å². The van der Waals surface area contributed by atoms with Crippen molar-refractivity contribution in [3.8, 4) is 5.75 Å². The standard InChI is InChI=1S/C13H20N2O3/c1-3-17-11-7-5-9-14-13(11)15-10-6-8-12(16)18-4-2/h5,7,9H,3-4,6,8,10H2,1-2H3,(H,14,15). The highest BCUT2D eigenvalue weighted by atomic mass is 16.5. The molecule has 0 aliphatic heterocycles. The molecular formula is C13H20N2O3. The zero-order chi connectivity index (χ0) is 13.2. The molecule has 0 amide bonds. The summed E-state index contributed by atoms with van der Waals surface area (Å²) >= 11 is 0. The van der Waals surface area contributed by atoms with E-state index in [9.17, 15) is 4.79 Å². The van der Waals surface area contributed by atoms with Gasteiger partial charge in [0.1, 0.15) is 0 Å². The second-order valence-electron chi connectivity index (χ2n) is 3.62. The van der Waals surface area contributed by atoms with Crippen molar-refractivity contribution < 1.29 is 14.3 Å². The minimum atomic E-state index is -0.162. The molecule has 5 nitrogen and oxygen atoms in total. The topological polar surface area (TPSA) is 60.5 Å². The average molecular weight is 252 g/mol. The van der Waals surface area contributed by atoms with E-state index in [2.05, 4.69) is 10.3 Å². The highest BCUT2D eigenvalue weighted by Gasteiger charge is 2.04. The largest absolute Gasteiger partial charge is 0.490 e. The molecule has 0 bridgehead atoms. The van der Waals surface area contributed by atoms with Crippen LogP contribution in [-0.2, 0) is 9.53 Å². The Morgan fingerprint density at radius 2 is 2.22 bits per heavy atom. The normalized spacial score (nSPS) is 9.89. The third kappa shape index (κ3) is 5.03.